The molecule has 4 N–H and O–H groups in total. The van der Waals surface area contributed by atoms with Gasteiger partial charge in [-0.2, -0.15) is 13.2 Å². The van der Waals surface area contributed by atoms with Crippen LogP contribution in [-0.2, 0) is 16.0 Å². The highest BCUT2D eigenvalue weighted by Gasteiger charge is 2.31. The Morgan fingerprint density at radius 2 is 1.65 bits per heavy atom. The number of rotatable bonds is 6. The summed E-state index contributed by atoms with van der Waals surface area (Å²) >= 11 is 0. The second kappa shape index (κ2) is 10.5. The van der Waals surface area contributed by atoms with Crippen molar-refractivity contribution >= 4 is 27.5 Å². The quantitative estimate of drug-likeness (QED) is 0.383. The highest BCUT2D eigenvalue weighted by atomic mass is 32.2. The number of H-pyrrole nitrogens is 1. The number of aryl methyl sites for hydroxylation is 1. The number of anilines is 1. The van der Waals surface area contributed by atoms with Crippen LogP contribution in [0.15, 0.2) is 64.3 Å². The molecule has 0 bridgehead atoms. The number of halogens is 3. The lowest BCUT2D eigenvalue weighted by atomic mass is 9.96. The third-order valence-corrected chi connectivity index (χ3v) is 6.55. The first kappa shape index (κ1) is 27.5. The Bertz CT molecular complexity index is 1500. The molecule has 0 aliphatic heterocycles. The summed E-state index contributed by atoms with van der Waals surface area (Å²) in [5, 5.41) is 7.35. The topological polar surface area (TPSA) is 137 Å². The Morgan fingerprint density at radius 3 is 2.22 bits per heavy atom. The maximum Gasteiger partial charge on any atom is 0.416 e. The minimum Gasteiger partial charge on any atom is -0.341 e. The fourth-order valence-electron chi connectivity index (χ4n) is 3.48. The number of pyridine rings is 1. The Balaban J connectivity index is 2.08. The molecule has 13 heteroatoms. The maximum absolute atomic E-state index is 13.4. The molecule has 1 unspecified atom stereocenters. The first-order chi connectivity index (χ1) is 17.2. The molecule has 1 aromatic heterocycles. The molecule has 1 atom stereocenters. The molecule has 37 heavy (non-hydrogen) atoms. The third kappa shape index (κ3) is 6.55. The zero-order valence-corrected chi connectivity index (χ0v) is 20.7. The summed E-state index contributed by atoms with van der Waals surface area (Å²) < 4.78 is 63.8. The minimum atomic E-state index is -4.65. The van der Waals surface area contributed by atoms with Gasteiger partial charge >= 0.3 is 12.2 Å². The minimum absolute atomic E-state index is 0.0229. The number of hydrogen-bond acceptors (Lipinski definition) is 5. The summed E-state index contributed by atoms with van der Waals surface area (Å²) in [6.07, 6.45) is -3.65. The standard InChI is InChI=1S/C24H23F3N4O5S/c1-13-19(30-23(34)28-2)12-18(21(32)29-13)22(33)31-20(14-7-9-17(10-8-14)37(3,35)36)15-5-4-6-16(11-15)24(25,26)27/h4-12,20H,1-3H3,(H,29,32)(H,31,33)(H2,28,30,34). The lowest BCUT2D eigenvalue weighted by Crippen LogP contribution is -2.34. The molecular weight excluding hydrogens is 513 g/mol. The van der Waals surface area contributed by atoms with Crippen molar-refractivity contribution in [2.45, 2.75) is 24.0 Å². The summed E-state index contributed by atoms with van der Waals surface area (Å²) in [5.41, 5.74) is -1.42. The average Bonchev–Trinajstić information content (AvgIpc) is 2.83. The maximum atomic E-state index is 13.4. The van der Waals surface area contributed by atoms with Gasteiger partial charge in [-0.3, -0.25) is 9.59 Å². The van der Waals surface area contributed by atoms with Crippen LogP contribution >= 0.6 is 0 Å². The molecule has 0 spiro atoms. The van der Waals surface area contributed by atoms with Gasteiger partial charge in [0, 0.05) is 19.0 Å². The smallest absolute Gasteiger partial charge is 0.341 e. The van der Waals surface area contributed by atoms with E-state index >= 15 is 0 Å². The first-order valence-electron chi connectivity index (χ1n) is 10.7. The Kier molecular flexibility index (Phi) is 7.77. The van der Waals surface area contributed by atoms with Gasteiger partial charge in [0.1, 0.15) is 5.56 Å². The van der Waals surface area contributed by atoms with Crippen LogP contribution in [0.1, 0.15) is 38.8 Å². The monoisotopic (exact) mass is 536 g/mol. The number of aromatic amines is 1. The Morgan fingerprint density at radius 1 is 1.00 bits per heavy atom. The van der Waals surface area contributed by atoms with Crippen LogP contribution in [0.25, 0.3) is 0 Å². The number of sulfone groups is 1. The van der Waals surface area contributed by atoms with Crippen LogP contribution in [0.2, 0.25) is 0 Å². The van der Waals surface area contributed by atoms with Gasteiger partial charge < -0.3 is 20.9 Å². The number of alkyl halides is 3. The van der Waals surface area contributed by atoms with Gasteiger partial charge in [0.05, 0.1) is 22.2 Å². The van der Waals surface area contributed by atoms with Crippen molar-refractivity contribution < 1.29 is 31.2 Å². The Labute approximate surface area is 210 Å². The first-order valence-corrected chi connectivity index (χ1v) is 12.6. The van der Waals surface area contributed by atoms with E-state index in [0.717, 1.165) is 24.5 Å². The number of hydrogen-bond donors (Lipinski definition) is 4. The van der Waals surface area contributed by atoms with E-state index in [1.165, 1.54) is 50.4 Å². The molecule has 3 rings (SSSR count). The van der Waals surface area contributed by atoms with Crippen LogP contribution in [0.3, 0.4) is 0 Å². The van der Waals surface area contributed by atoms with Gasteiger partial charge in [-0.1, -0.05) is 24.3 Å². The summed E-state index contributed by atoms with van der Waals surface area (Å²) in [7, 11) is -2.18. The molecule has 1 heterocycles. The van der Waals surface area contributed by atoms with E-state index < -0.39 is 50.7 Å². The molecule has 0 aliphatic carbocycles. The van der Waals surface area contributed by atoms with Gasteiger partial charge in [0.15, 0.2) is 9.84 Å². The van der Waals surface area contributed by atoms with E-state index in [-0.39, 0.29) is 27.4 Å². The van der Waals surface area contributed by atoms with Crippen molar-refractivity contribution in [2.24, 2.45) is 0 Å². The molecule has 2 aromatic carbocycles. The Hall–Kier alpha value is -4.13. The highest BCUT2D eigenvalue weighted by Crippen LogP contribution is 2.32. The van der Waals surface area contributed by atoms with Crippen molar-refractivity contribution in [3.8, 4) is 0 Å². The lowest BCUT2D eigenvalue weighted by Gasteiger charge is -2.21. The van der Waals surface area contributed by atoms with E-state index in [2.05, 4.69) is 20.9 Å². The zero-order valence-electron chi connectivity index (χ0n) is 19.9. The lowest BCUT2D eigenvalue weighted by molar-refractivity contribution is -0.137. The summed E-state index contributed by atoms with van der Waals surface area (Å²) in [4.78, 5) is 39.8. The van der Waals surface area contributed by atoms with Crippen LogP contribution in [0, 0.1) is 6.92 Å². The summed E-state index contributed by atoms with van der Waals surface area (Å²) in [5.74, 6) is -0.934. The van der Waals surface area contributed by atoms with Crippen molar-refractivity contribution in [3.63, 3.8) is 0 Å². The molecule has 0 fully saturated rings. The highest BCUT2D eigenvalue weighted by molar-refractivity contribution is 7.90. The van der Waals surface area contributed by atoms with Crippen LogP contribution < -0.4 is 21.5 Å². The van der Waals surface area contributed by atoms with Gasteiger partial charge in [-0.05, 0) is 48.4 Å². The number of urea groups is 1. The summed E-state index contributed by atoms with van der Waals surface area (Å²) in [6.45, 7) is 1.50. The van der Waals surface area contributed by atoms with Crippen molar-refractivity contribution in [1.82, 2.24) is 15.6 Å². The van der Waals surface area contributed by atoms with E-state index in [4.69, 9.17) is 0 Å². The number of carbonyl (C=O) groups excluding carboxylic acids is 2. The molecule has 0 saturated carbocycles. The van der Waals surface area contributed by atoms with Crippen LogP contribution in [0.5, 0.6) is 0 Å². The van der Waals surface area contributed by atoms with Gasteiger partial charge in [-0.15, -0.1) is 0 Å². The number of nitrogens with one attached hydrogen (secondary N) is 4. The summed E-state index contributed by atoms with van der Waals surface area (Å²) in [6, 6.07) is 8.88. The fourth-order valence-corrected chi connectivity index (χ4v) is 4.11. The van der Waals surface area contributed by atoms with Gasteiger partial charge in [0.2, 0.25) is 0 Å². The molecule has 3 amide bonds. The molecule has 3 aromatic rings. The van der Waals surface area contributed by atoms with Crippen molar-refractivity contribution in [3.05, 3.63) is 92.9 Å². The predicted octanol–water partition coefficient (Wildman–Crippen LogP) is 3.38. The SMILES string of the molecule is CNC(=O)Nc1cc(C(=O)NC(c2ccc(S(C)(=O)=O)cc2)c2cccc(C(F)(F)F)c2)c(=O)[nH]c1C. The molecule has 0 saturated heterocycles. The second-order valence-electron chi connectivity index (χ2n) is 8.13. The predicted molar refractivity (Wildman–Crippen MR) is 130 cm³/mol. The fraction of sp³-hybridized carbons (Fsp3) is 0.208. The largest absolute Gasteiger partial charge is 0.416 e. The molecule has 196 valence electrons. The number of aromatic nitrogens is 1. The average molecular weight is 537 g/mol. The van der Waals surface area contributed by atoms with Gasteiger partial charge in [-0.25, -0.2) is 13.2 Å². The number of amides is 3. The van der Waals surface area contributed by atoms with E-state index in [0.29, 0.717) is 0 Å². The second-order valence-corrected chi connectivity index (χ2v) is 10.1. The van der Waals surface area contributed by atoms with Crippen LogP contribution in [0.4, 0.5) is 23.7 Å². The van der Waals surface area contributed by atoms with E-state index in [1.807, 2.05) is 0 Å². The van der Waals surface area contributed by atoms with Crippen LogP contribution in [-0.4, -0.2) is 38.6 Å². The molecule has 0 radical (unpaired) electrons. The van der Waals surface area contributed by atoms with Gasteiger partial charge in [0.25, 0.3) is 11.5 Å². The normalized spacial score (nSPS) is 12.5. The van der Waals surface area contributed by atoms with E-state index in [1.54, 1.807) is 0 Å². The molecule has 9 nitrogen and oxygen atoms in total. The van der Waals surface area contributed by atoms with Crippen molar-refractivity contribution in [2.75, 3.05) is 18.6 Å². The van der Waals surface area contributed by atoms with Crippen molar-refractivity contribution in [1.29, 1.82) is 0 Å². The zero-order chi connectivity index (χ0) is 27.5. The third-order valence-electron chi connectivity index (χ3n) is 5.42. The molecular formula is C24H23F3N4O5S. The number of carbonyl (C=O) groups is 2. The van der Waals surface area contributed by atoms with E-state index in [9.17, 15) is 36.0 Å². The number of benzene rings is 2. The molecule has 0 aliphatic rings.